The molecular weight excluding hydrogens is 422 g/mol. The van der Waals surface area contributed by atoms with E-state index < -0.39 is 0 Å². The van der Waals surface area contributed by atoms with Gasteiger partial charge >= 0.3 is 0 Å². The minimum absolute atomic E-state index is 0. The van der Waals surface area contributed by atoms with Crippen LogP contribution >= 0.6 is 24.0 Å². The second-order valence-corrected chi connectivity index (χ2v) is 6.09. The summed E-state index contributed by atoms with van der Waals surface area (Å²) in [5.74, 6) is 0.595. The molecule has 5 nitrogen and oxygen atoms in total. The number of nitrogens with zero attached hydrogens (tertiary/aromatic N) is 2. The maximum atomic E-state index is 13.6. The highest BCUT2D eigenvalue weighted by molar-refractivity contribution is 14.0. The van der Waals surface area contributed by atoms with Crippen LogP contribution in [0.3, 0.4) is 0 Å². The van der Waals surface area contributed by atoms with Crippen molar-refractivity contribution in [1.82, 2.24) is 15.5 Å². The van der Waals surface area contributed by atoms with E-state index >= 15 is 0 Å². The first kappa shape index (κ1) is 20.7. The Morgan fingerprint density at radius 2 is 2.12 bits per heavy atom. The molecule has 0 spiro atoms. The predicted molar refractivity (Wildman–Crippen MR) is 105 cm³/mol. The van der Waals surface area contributed by atoms with Crippen LogP contribution in [-0.2, 0) is 11.3 Å². The minimum atomic E-state index is -0.231. The third kappa shape index (κ3) is 5.61. The van der Waals surface area contributed by atoms with Gasteiger partial charge in [-0.25, -0.2) is 4.39 Å². The lowest BCUT2D eigenvalue weighted by molar-refractivity contribution is -0.133. The number of benzene rings is 1. The number of halogens is 2. The largest absolute Gasteiger partial charge is 0.352 e. The molecule has 1 aromatic rings. The van der Waals surface area contributed by atoms with E-state index in [1.54, 1.807) is 19.2 Å². The van der Waals surface area contributed by atoms with Gasteiger partial charge < -0.3 is 15.5 Å². The lowest BCUT2D eigenvalue weighted by atomic mass is 10.2. The summed E-state index contributed by atoms with van der Waals surface area (Å²) in [5.41, 5.74) is 0.596. The number of hydrogen-bond donors (Lipinski definition) is 2. The summed E-state index contributed by atoms with van der Waals surface area (Å²) in [6.45, 7) is 5.64. The molecule has 7 heteroatoms. The number of aliphatic imine (C=N–C) groups is 1. The highest BCUT2D eigenvalue weighted by Gasteiger charge is 2.27. The molecule has 0 bridgehead atoms. The number of guanidine groups is 1. The molecular formula is C17H26FIN4O. The van der Waals surface area contributed by atoms with E-state index in [1.807, 2.05) is 24.8 Å². The van der Waals surface area contributed by atoms with Crippen LogP contribution in [0.15, 0.2) is 29.3 Å². The van der Waals surface area contributed by atoms with E-state index in [4.69, 9.17) is 0 Å². The molecule has 24 heavy (non-hydrogen) atoms. The Labute approximate surface area is 160 Å². The van der Waals surface area contributed by atoms with Gasteiger partial charge in [-0.05, 0) is 12.5 Å². The van der Waals surface area contributed by atoms with E-state index in [0.29, 0.717) is 24.6 Å². The van der Waals surface area contributed by atoms with E-state index in [9.17, 15) is 9.18 Å². The number of rotatable bonds is 4. The van der Waals surface area contributed by atoms with Crippen LogP contribution in [0.25, 0.3) is 0 Å². The Balaban J connectivity index is 0.00000288. The minimum Gasteiger partial charge on any atom is -0.352 e. The van der Waals surface area contributed by atoms with Gasteiger partial charge in [0.25, 0.3) is 0 Å². The highest BCUT2D eigenvalue weighted by atomic mass is 127. The molecule has 1 heterocycles. The van der Waals surface area contributed by atoms with Crippen molar-refractivity contribution in [3.8, 4) is 0 Å². The van der Waals surface area contributed by atoms with Crippen LogP contribution in [0.4, 0.5) is 4.39 Å². The van der Waals surface area contributed by atoms with Gasteiger partial charge in [0.05, 0.1) is 0 Å². The summed E-state index contributed by atoms with van der Waals surface area (Å²) in [5, 5.41) is 6.42. The lowest BCUT2D eigenvalue weighted by Crippen LogP contribution is -2.45. The van der Waals surface area contributed by atoms with Crippen LogP contribution in [0.2, 0.25) is 0 Å². The number of carbonyl (C=O) groups is 1. The normalized spacial score (nSPS) is 17.6. The van der Waals surface area contributed by atoms with Crippen molar-refractivity contribution in [2.45, 2.75) is 32.9 Å². The quantitative estimate of drug-likeness (QED) is 0.423. The van der Waals surface area contributed by atoms with Gasteiger partial charge in [0.2, 0.25) is 5.91 Å². The van der Waals surface area contributed by atoms with Crippen molar-refractivity contribution < 1.29 is 9.18 Å². The summed E-state index contributed by atoms with van der Waals surface area (Å²) >= 11 is 0. The Morgan fingerprint density at radius 1 is 1.42 bits per heavy atom. The zero-order valence-corrected chi connectivity index (χ0v) is 16.7. The first-order valence-corrected chi connectivity index (χ1v) is 8.00. The summed E-state index contributed by atoms with van der Waals surface area (Å²) in [6.07, 6.45) is 0.888. The Morgan fingerprint density at radius 3 is 2.75 bits per heavy atom. The molecule has 0 aliphatic carbocycles. The molecule has 2 N–H and O–H groups in total. The number of carbonyl (C=O) groups excluding carboxylic acids is 1. The zero-order chi connectivity index (χ0) is 16.8. The Hall–Kier alpha value is -1.38. The van der Waals surface area contributed by atoms with E-state index in [-0.39, 0.29) is 47.7 Å². The zero-order valence-electron chi connectivity index (χ0n) is 14.4. The van der Waals surface area contributed by atoms with Crippen molar-refractivity contribution >= 4 is 35.8 Å². The SMILES string of the molecule is CN=C(NCc1ccccc1F)NC1CCN(C(=O)C(C)C)C1.I. The molecule has 1 aromatic carbocycles. The smallest absolute Gasteiger partial charge is 0.225 e. The van der Waals surface area contributed by atoms with Crippen LogP contribution in [-0.4, -0.2) is 42.9 Å². The lowest BCUT2D eigenvalue weighted by Gasteiger charge is -2.20. The molecule has 1 aliphatic rings. The van der Waals surface area contributed by atoms with Crippen LogP contribution in [0.1, 0.15) is 25.8 Å². The molecule has 1 atom stereocenters. The fraction of sp³-hybridized carbons (Fsp3) is 0.529. The van der Waals surface area contributed by atoms with Crippen molar-refractivity contribution in [3.63, 3.8) is 0 Å². The fourth-order valence-electron chi connectivity index (χ4n) is 2.65. The molecule has 0 saturated carbocycles. The van der Waals surface area contributed by atoms with Gasteiger partial charge in [0.15, 0.2) is 5.96 Å². The first-order valence-electron chi connectivity index (χ1n) is 8.00. The van der Waals surface area contributed by atoms with Crippen molar-refractivity contribution in [2.75, 3.05) is 20.1 Å². The second-order valence-electron chi connectivity index (χ2n) is 6.09. The topological polar surface area (TPSA) is 56.7 Å². The van der Waals surface area contributed by atoms with Gasteiger partial charge in [0, 0.05) is 44.2 Å². The predicted octanol–water partition coefficient (Wildman–Crippen LogP) is 2.37. The molecule has 2 rings (SSSR count). The molecule has 1 fully saturated rings. The third-order valence-corrected chi connectivity index (χ3v) is 3.96. The van der Waals surface area contributed by atoms with Crippen molar-refractivity contribution in [1.29, 1.82) is 0 Å². The molecule has 0 aromatic heterocycles. The first-order chi connectivity index (χ1) is 11.0. The van der Waals surface area contributed by atoms with Crippen LogP contribution in [0, 0.1) is 11.7 Å². The van der Waals surface area contributed by atoms with E-state index in [0.717, 1.165) is 13.0 Å². The Bertz CT molecular complexity index is 579. The summed E-state index contributed by atoms with van der Waals surface area (Å²) in [7, 11) is 1.68. The fourth-order valence-corrected chi connectivity index (χ4v) is 2.65. The van der Waals surface area contributed by atoms with E-state index in [1.165, 1.54) is 6.07 Å². The summed E-state index contributed by atoms with van der Waals surface area (Å²) < 4.78 is 13.6. The van der Waals surface area contributed by atoms with Gasteiger partial charge in [-0.15, -0.1) is 24.0 Å². The average molecular weight is 448 g/mol. The maximum absolute atomic E-state index is 13.6. The van der Waals surface area contributed by atoms with Crippen molar-refractivity contribution in [2.24, 2.45) is 10.9 Å². The Kier molecular flexibility index (Phi) is 8.44. The number of nitrogens with one attached hydrogen (secondary N) is 2. The van der Waals surface area contributed by atoms with Crippen LogP contribution in [0.5, 0.6) is 0 Å². The molecule has 1 amide bonds. The van der Waals surface area contributed by atoms with Gasteiger partial charge in [0.1, 0.15) is 5.82 Å². The van der Waals surface area contributed by atoms with Gasteiger partial charge in [-0.2, -0.15) is 0 Å². The average Bonchev–Trinajstić information content (AvgIpc) is 3.00. The second kappa shape index (κ2) is 9.80. The highest BCUT2D eigenvalue weighted by Crippen LogP contribution is 2.12. The summed E-state index contributed by atoms with van der Waals surface area (Å²) in [6, 6.07) is 6.84. The van der Waals surface area contributed by atoms with Crippen molar-refractivity contribution in [3.05, 3.63) is 35.6 Å². The number of likely N-dealkylation sites (tertiary alicyclic amines) is 1. The molecule has 1 aliphatic heterocycles. The number of hydrogen-bond acceptors (Lipinski definition) is 2. The van der Waals surface area contributed by atoms with E-state index in [2.05, 4.69) is 15.6 Å². The molecule has 134 valence electrons. The number of amides is 1. The molecule has 1 saturated heterocycles. The monoisotopic (exact) mass is 448 g/mol. The summed E-state index contributed by atoms with van der Waals surface area (Å²) in [4.78, 5) is 18.1. The third-order valence-electron chi connectivity index (χ3n) is 3.96. The standard InChI is InChI=1S/C17H25FN4O.HI/c1-12(2)16(23)22-9-8-14(11-22)21-17(19-3)20-10-13-6-4-5-7-15(13)18;/h4-7,12,14H,8-11H2,1-3H3,(H2,19,20,21);1H. The molecule has 1 unspecified atom stereocenters. The maximum Gasteiger partial charge on any atom is 0.225 e. The van der Waals surface area contributed by atoms with Gasteiger partial charge in [-0.1, -0.05) is 32.0 Å². The van der Waals surface area contributed by atoms with Crippen LogP contribution < -0.4 is 10.6 Å². The molecule has 0 radical (unpaired) electrons. The van der Waals surface area contributed by atoms with Gasteiger partial charge in [-0.3, -0.25) is 9.79 Å².